The zero-order chi connectivity index (χ0) is 17.7. The smallest absolute Gasteiger partial charge is 0.321 e. The monoisotopic (exact) mass is 385 g/mol. The number of aldehydes is 1. The molecular weight excluding hydrogens is 357 g/mol. The highest BCUT2D eigenvalue weighted by Gasteiger charge is 2.21. The number of nitrogens with zero attached hydrogens (tertiary/aromatic N) is 1. The predicted octanol–water partition coefficient (Wildman–Crippen LogP) is 2.33. The summed E-state index contributed by atoms with van der Waals surface area (Å²) in [6, 6.07) is 0. The molecule has 0 heterocycles. The molecule has 1 unspecified atom stereocenters. The van der Waals surface area contributed by atoms with Crippen LogP contribution in [0.5, 0.6) is 0 Å². The van der Waals surface area contributed by atoms with Gasteiger partial charge in [-0.3, -0.25) is 4.79 Å². The molecular formula is C14H28NO5PS2. The maximum Gasteiger partial charge on any atom is 0.321 e. The average molecular weight is 385 g/mol. The zero-order valence-corrected chi connectivity index (χ0v) is 16.4. The lowest BCUT2D eigenvalue weighted by Gasteiger charge is -2.21. The minimum absolute atomic E-state index is 0.0222. The van der Waals surface area contributed by atoms with Crippen LogP contribution in [0, 0.1) is 0 Å². The van der Waals surface area contributed by atoms with Crippen LogP contribution in [0.1, 0.15) is 45.4 Å². The van der Waals surface area contributed by atoms with E-state index in [0.29, 0.717) is 6.54 Å². The summed E-state index contributed by atoms with van der Waals surface area (Å²) < 4.78 is 4.73. The standard InChI is InChI=1S/C14H28NO5PS2/c1-3-9-15(2)14(17)13(8-10-16)23-12-7-5-4-6-11-20-21(18,19)22/h10,13H,3-9,11-12H2,1-2H3,(H2,18,19,22). The average Bonchev–Trinajstić information content (AvgIpc) is 2.47. The van der Waals surface area contributed by atoms with Crippen molar-refractivity contribution in [2.45, 2.75) is 50.7 Å². The van der Waals surface area contributed by atoms with Gasteiger partial charge in [-0.2, -0.15) is 0 Å². The van der Waals surface area contributed by atoms with Crippen LogP contribution in [0.25, 0.3) is 0 Å². The van der Waals surface area contributed by atoms with Crippen LogP contribution in [-0.2, 0) is 25.9 Å². The maximum absolute atomic E-state index is 12.2. The molecule has 136 valence electrons. The molecule has 0 saturated heterocycles. The van der Waals surface area contributed by atoms with E-state index in [-0.39, 0.29) is 24.2 Å². The summed E-state index contributed by atoms with van der Waals surface area (Å²) in [6.45, 7) is -0.544. The van der Waals surface area contributed by atoms with Gasteiger partial charge in [-0.25, -0.2) is 0 Å². The first-order valence-corrected chi connectivity index (χ1v) is 11.5. The van der Waals surface area contributed by atoms with Crippen molar-refractivity contribution in [1.29, 1.82) is 0 Å². The number of rotatable bonds is 14. The summed E-state index contributed by atoms with van der Waals surface area (Å²) >= 11 is 5.89. The first kappa shape index (κ1) is 23.0. The molecule has 9 heteroatoms. The summed E-state index contributed by atoms with van der Waals surface area (Å²) in [4.78, 5) is 42.4. The Morgan fingerprint density at radius 2 is 2.00 bits per heavy atom. The molecule has 0 aliphatic heterocycles. The van der Waals surface area contributed by atoms with Gasteiger partial charge >= 0.3 is 6.72 Å². The molecule has 1 amide bonds. The van der Waals surface area contributed by atoms with Crippen LogP contribution < -0.4 is 0 Å². The molecule has 0 aromatic rings. The third-order valence-electron chi connectivity index (χ3n) is 3.14. The second kappa shape index (κ2) is 13.3. The van der Waals surface area contributed by atoms with Crippen molar-refractivity contribution in [3.63, 3.8) is 0 Å². The molecule has 2 N–H and O–H groups in total. The van der Waals surface area contributed by atoms with Crippen LogP contribution in [0.3, 0.4) is 0 Å². The van der Waals surface area contributed by atoms with Crippen LogP contribution >= 0.6 is 18.5 Å². The summed E-state index contributed by atoms with van der Waals surface area (Å²) in [6.07, 6.45) is 5.49. The topological polar surface area (TPSA) is 87.1 Å². The van der Waals surface area contributed by atoms with Gasteiger partial charge < -0.3 is 24.0 Å². The second-order valence-electron chi connectivity index (χ2n) is 5.26. The third-order valence-corrected chi connectivity index (χ3v) is 5.29. The Labute approximate surface area is 148 Å². The molecule has 0 bridgehead atoms. The number of carbonyl (C=O) groups is 2. The lowest BCUT2D eigenvalue weighted by molar-refractivity contribution is -0.130. The van der Waals surface area contributed by atoms with Crippen molar-refractivity contribution in [1.82, 2.24) is 4.90 Å². The van der Waals surface area contributed by atoms with Crippen LogP contribution in [-0.4, -0.2) is 58.1 Å². The van der Waals surface area contributed by atoms with Gasteiger partial charge in [0, 0.05) is 20.0 Å². The third kappa shape index (κ3) is 13.0. The van der Waals surface area contributed by atoms with Gasteiger partial charge in [-0.15, -0.1) is 11.8 Å². The van der Waals surface area contributed by atoms with Crippen molar-refractivity contribution >= 4 is 42.5 Å². The maximum atomic E-state index is 12.2. The van der Waals surface area contributed by atoms with Crippen molar-refractivity contribution in [2.75, 3.05) is 26.0 Å². The fraction of sp³-hybridized carbons (Fsp3) is 0.857. The van der Waals surface area contributed by atoms with Gasteiger partial charge in [0.15, 0.2) is 0 Å². The molecule has 0 fully saturated rings. The van der Waals surface area contributed by atoms with Gasteiger partial charge in [0.25, 0.3) is 0 Å². The van der Waals surface area contributed by atoms with Crippen molar-refractivity contribution < 1.29 is 23.9 Å². The lowest BCUT2D eigenvalue weighted by Crippen LogP contribution is -2.35. The summed E-state index contributed by atoms with van der Waals surface area (Å²) in [5.74, 6) is 0.845. The minimum atomic E-state index is -3.52. The number of carbonyl (C=O) groups excluding carboxylic acids is 2. The number of amides is 1. The summed E-state index contributed by atoms with van der Waals surface area (Å²) in [5.41, 5.74) is 0. The van der Waals surface area contributed by atoms with E-state index < -0.39 is 6.72 Å². The number of hydrogen-bond acceptors (Lipinski definition) is 5. The Morgan fingerprint density at radius 3 is 2.57 bits per heavy atom. The Hall–Kier alpha value is 0.0200. The van der Waals surface area contributed by atoms with Gasteiger partial charge in [0.1, 0.15) is 6.29 Å². The predicted molar refractivity (Wildman–Crippen MR) is 98.0 cm³/mol. The van der Waals surface area contributed by atoms with E-state index in [1.54, 1.807) is 11.9 Å². The highest BCUT2D eigenvalue weighted by Crippen LogP contribution is 2.36. The highest BCUT2D eigenvalue weighted by atomic mass is 32.5. The zero-order valence-electron chi connectivity index (χ0n) is 13.8. The van der Waals surface area contributed by atoms with Gasteiger partial charge in [-0.1, -0.05) is 19.8 Å². The second-order valence-corrected chi connectivity index (χ2v) is 9.24. The number of hydrogen-bond donors (Lipinski definition) is 2. The Bertz CT molecular complexity index is 391. The fourth-order valence-electron chi connectivity index (χ4n) is 1.99. The fourth-order valence-corrected chi connectivity index (χ4v) is 3.77. The molecule has 0 aromatic carbocycles. The lowest BCUT2D eigenvalue weighted by atomic mass is 10.2. The first-order valence-electron chi connectivity index (χ1n) is 7.82. The molecule has 23 heavy (non-hydrogen) atoms. The van der Waals surface area contributed by atoms with E-state index in [0.717, 1.165) is 44.1 Å². The van der Waals surface area contributed by atoms with E-state index in [1.807, 2.05) is 6.92 Å². The van der Waals surface area contributed by atoms with E-state index in [2.05, 4.69) is 11.8 Å². The van der Waals surface area contributed by atoms with Crippen molar-refractivity contribution in [3.05, 3.63) is 0 Å². The molecule has 1 atom stereocenters. The molecule has 0 spiro atoms. The molecule has 0 saturated carbocycles. The Balaban J connectivity index is 3.86. The van der Waals surface area contributed by atoms with E-state index in [1.165, 1.54) is 11.8 Å². The van der Waals surface area contributed by atoms with Crippen LogP contribution in [0.4, 0.5) is 0 Å². The molecule has 0 radical (unpaired) electrons. The molecule has 0 aromatic heterocycles. The first-order chi connectivity index (χ1) is 10.8. The van der Waals surface area contributed by atoms with Gasteiger partial charge in [-0.05, 0) is 36.8 Å². The normalized spacial score (nSPS) is 12.9. The van der Waals surface area contributed by atoms with Crippen LogP contribution in [0.2, 0.25) is 0 Å². The largest absolute Gasteiger partial charge is 0.345 e. The molecule has 0 aliphatic rings. The van der Waals surface area contributed by atoms with Gasteiger partial charge in [0.2, 0.25) is 5.91 Å². The quantitative estimate of drug-likeness (QED) is 0.270. The number of unbranched alkanes of at least 4 members (excludes halogenated alkanes) is 3. The molecule has 0 aliphatic carbocycles. The SMILES string of the molecule is CCCN(C)C(=O)C(CC=O)SCCCCCCOP(O)(O)=S. The molecule has 6 nitrogen and oxygen atoms in total. The summed E-state index contributed by atoms with van der Waals surface area (Å²) in [5, 5.41) is -0.290. The highest BCUT2D eigenvalue weighted by molar-refractivity contribution is 8.06. The minimum Gasteiger partial charge on any atom is -0.345 e. The summed E-state index contributed by atoms with van der Waals surface area (Å²) in [7, 11) is 1.77. The Kier molecular flexibility index (Phi) is 13.3. The number of thioether (sulfide) groups is 1. The van der Waals surface area contributed by atoms with E-state index in [4.69, 9.17) is 14.3 Å². The van der Waals surface area contributed by atoms with Crippen molar-refractivity contribution in [3.8, 4) is 0 Å². The van der Waals surface area contributed by atoms with Crippen LogP contribution in [0.15, 0.2) is 0 Å². The van der Waals surface area contributed by atoms with Crippen molar-refractivity contribution in [2.24, 2.45) is 0 Å². The van der Waals surface area contributed by atoms with E-state index >= 15 is 0 Å². The van der Waals surface area contributed by atoms with E-state index in [9.17, 15) is 9.59 Å². The van der Waals surface area contributed by atoms with Gasteiger partial charge in [0.05, 0.1) is 11.9 Å². The molecule has 0 rings (SSSR count). The Morgan fingerprint density at radius 1 is 1.35 bits per heavy atom.